The molecule has 0 fully saturated rings. The Labute approximate surface area is 122 Å². The van der Waals surface area contributed by atoms with Gasteiger partial charge in [0.2, 0.25) is 5.78 Å². The van der Waals surface area contributed by atoms with E-state index >= 15 is 0 Å². The van der Waals surface area contributed by atoms with Crippen LogP contribution in [0.3, 0.4) is 0 Å². The lowest BCUT2D eigenvalue weighted by molar-refractivity contribution is -0.139. The zero-order valence-electron chi connectivity index (χ0n) is 12.1. The first kappa shape index (κ1) is 14.8. The van der Waals surface area contributed by atoms with Gasteiger partial charge in [-0.2, -0.15) is 0 Å². The van der Waals surface area contributed by atoms with E-state index in [1.165, 1.54) is 0 Å². The quantitative estimate of drug-likeness (QED) is 0.484. The fourth-order valence-electron chi connectivity index (χ4n) is 1.93. The van der Waals surface area contributed by atoms with Crippen molar-refractivity contribution < 1.29 is 23.8 Å². The van der Waals surface area contributed by atoms with Crippen molar-refractivity contribution in [2.45, 2.75) is 13.8 Å². The lowest BCUT2D eigenvalue weighted by Crippen LogP contribution is -2.14. The van der Waals surface area contributed by atoms with E-state index in [1.807, 2.05) is 0 Å². The average molecular weight is 288 g/mol. The van der Waals surface area contributed by atoms with Crippen molar-refractivity contribution in [1.82, 2.24) is 0 Å². The number of carbonyl (C=O) groups excluding carboxylic acids is 2. The summed E-state index contributed by atoms with van der Waals surface area (Å²) >= 11 is 0. The molecule has 5 nitrogen and oxygen atoms in total. The highest BCUT2D eigenvalue weighted by molar-refractivity contribution is 6.26. The van der Waals surface area contributed by atoms with Crippen molar-refractivity contribution in [1.29, 1.82) is 0 Å². The van der Waals surface area contributed by atoms with Crippen LogP contribution in [0.4, 0.5) is 0 Å². The number of rotatable bonds is 4. The third-order valence-electron chi connectivity index (χ3n) is 2.96. The Bertz CT molecular complexity index is 623. The molecular formula is C16H16O5. The third-order valence-corrected chi connectivity index (χ3v) is 2.96. The van der Waals surface area contributed by atoms with Crippen LogP contribution in [0.5, 0.6) is 5.75 Å². The summed E-state index contributed by atoms with van der Waals surface area (Å²) in [5.74, 6) is -0.0174. The summed E-state index contributed by atoms with van der Waals surface area (Å²) in [6, 6.07) is 7.14. The van der Waals surface area contributed by atoms with Gasteiger partial charge < -0.3 is 14.2 Å². The Morgan fingerprint density at radius 3 is 2.52 bits per heavy atom. The van der Waals surface area contributed by atoms with E-state index in [0.29, 0.717) is 0 Å². The third kappa shape index (κ3) is 3.13. The summed E-state index contributed by atoms with van der Waals surface area (Å²) in [7, 11) is 1.58. The number of ketones is 1. The van der Waals surface area contributed by atoms with Crippen LogP contribution in [-0.2, 0) is 19.1 Å². The first-order valence-corrected chi connectivity index (χ1v) is 6.53. The van der Waals surface area contributed by atoms with Gasteiger partial charge in [0, 0.05) is 0 Å². The van der Waals surface area contributed by atoms with Gasteiger partial charge in [0.25, 0.3) is 0 Å². The minimum absolute atomic E-state index is 0.0448. The lowest BCUT2D eigenvalue weighted by Gasteiger charge is -2.01. The van der Waals surface area contributed by atoms with Gasteiger partial charge >= 0.3 is 5.97 Å². The van der Waals surface area contributed by atoms with Gasteiger partial charge in [-0.05, 0) is 37.6 Å². The van der Waals surface area contributed by atoms with Crippen LogP contribution in [0, 0.1) is 0 Å². The van der Waals surface area contributed by atoms with Gasteiger partial charge in [-0.15, -0.1) is 0 Å². The van der Waals surface area contributed by atoms with Gasteiger partial charge in [0.15, 0.2) is 5.76 Å². The Morgan fingerprint density at radius 2 is 1.95 bits per heavy atom. The second kappa shape index (κ2) is 6.26. The minimum Gasteiger partial charge on any atom is -0.497 e. The highest BCUT2D eigenvalue weighted by atomic mass is 16.5. The molecule has 1 aliphatic rings. The Morgan fingerprint density at radius 1 is 1.29 bits per heavy atom. The van der Waals surface area contributed by atoms with E-state index in [-0.39, 0.29) is 23.7 Å². The zero-order valence-corrected chi connectivity index (χ0v) is 12.1. The van der Waals surface area contributed by atoms with E-state index in [4.69, 9.17) is 14.2 Å². The number of methoxy groups -OCH3 is 1. The van der Waals surface area contributed by atoms with Gasteiger partial charge in [-0.3, -0.25) is 4.79 Å². The molecule has 0 aromatic heterocycles. The molecule has 1 heterocycles. The number of esters is 1. The van der Waals surface area contributed by atoms with Crippen LogP contribution >= 0.6 is 0 Å². The maximum atomic E-state index is 12.2. The van der Waals surface area contributed by atoms with Crippen LogP contribution < -0.4 is 4.74 Å². The SMILES string of the molecule is CCOC(=O)C1=C(C)O/C(=C\c2ccc(OC)cc2)C1=O. The minimum atomic E-state index is -0.655. The zero-order chi connectivity index (χ0) is 15.4. The Kier molecular flexibility index (Phi) is 4.42. The van der Waals surface area contributed by atoms with E-state index in [0.717, 1.165) is 11.3 Å². The fourth-order valence-corrected chi connectivity index (χ4v) is 1.93. The number of carbonyl (C=O) groups is 2. The van der Waals surface area contributed by atoms with Gasteiger partial charge in [0.05, 0.1) is 13.7 Å². The highest BCUT2D eigenvalue weighted by Crippen LogP contribution is 2.27. The highest BCUT2D eigenvalue weighted by Gasteiger charge is 2.34. The normalized spacial score (nSPS) is 16.1. The number of ether oxygens (including phenoxy) is 3. The molecule has 0 amide bonds. The molecule has 0 saturated carbocycles. The van der Waals surface area contributed by atoms with E-state index < -0.39 is 11.8 Å². The van der Waals surface area contributed by atoms with E-state index in [1.54, 1.807) is 51.3 Å². The predicted octanol–water partition coefficient (Wildman–Crippen LogP) is 2.47. The first-order chi connectivity index (χ1) is 10.1. The Hall–Kier alpha value is -2.56. The second-order valence-corrected chi connectivity index (χ2v) is 4.36. The van der Waals surface area contributed by atoms with Crippen LogP contribution in [0.2, 0.25) is 0 Å². The molecule has 0 aliphatic carbocycles. The van der Waals surface area contributed by atoms with Crippen LogP contribution in [-0.4, -0.2) is 25.5 Å². The summed E-state index contributed by atoms with van der Waals surface area (Å²) in [4.78, 5) is 23.9. The lowest BCUT2D eigenvalue weighted by atomic mass is 10.1. The van der Waals surface area contributed by atoms with Crippen molar-refractivity contribution in [2.75, 3.05) is 13.7 Å². The molecule has 0 unspecified atom stereocenters. The molecule has 2 rings (SSSR count). The number of Topliss-reactive ketones (excluding diaryl/α,β-unsaturated/α-hetero) is 1. The maximum Gasteiger partial charge on any atom is 0.345 e. The average Bonchev–Trinajstić information content (AvgIpc) is 2.74. The standard InChI is InChI=1S/C16H16O5/c1-4-20-16(18)14-10(2)21-13(15(14)17)9-11-5-7-12(19-3)8-6-11/h5-9H,4H2,1-3H3/b13-9-. The van der Waals surface area contributed by atoms with Gasteiger partial charge in [-0.1, -0.05) is 12.1 Å². The van der Waals surface area contributed by atoms with E-state index in [2.05, 4.69) is 0 Å². The molecule has 0 bridgehead atoms. The summed E-state index contributed by atoms with van der Waals surface area (Å²) in [6.45, 7) is 3.46. The first-order valence-electron chi connectivity index (χ1n) is 6.53. The molecule has 1 aromatic carbocycles. The smallest absolute Gasteiger partial charge is 0.345 e. The molecule has 21 heavy (non-hydrogen) atoms. The van der Waals surface area contributed by atoms with Gasteiger partial charge in [-0.25, -0.2) is 4.79 Å². The molecule has 0 spiro atoms. The van der Waals surface area contributed by atoms with Crippen molar-refractivity contribution >= 4 is 17.8 Å². The van der Waals surface area contributed by atoms with Crippen molar-refractivity contribution in [3.8, 4) is 5.75 Å². The van der Waals surface area contributed by atoms with Crippen molar-refractivity contribution in [3.05, 3.63) is 46.9 Å². The van der Waals surface area contributed by atoms with Gasteiger partial charge in [0.1, 0.15) is 17.1 Å². The monoisotopic (exact) mass is 288 g/mol. The molecule has 0 atom stereocenters. The second-order valence-electron chi connectivity index (χ2n) is 4.36. The number of benzene rings is 1. The number of hydrogen-bond donors (Lipinski definition) is 0. The molecular weight excluding hydrogens is 272 g/mol. The van der Waals surface area contributed by atoms with E-state index in [9.17, 15) is 9.59 Å². The topological polar surface area (TPSA) is 61.8 Å². The molecule has 110 valence electrons. The fraction of sp³-hybridized carbons (Fsp3) is 0.250. The van der Waals surface area contributed by atoms with Crippen molar-refractivity contribution in [2.24, 2.45) is 0 Å². The maximum absolute atomic E-state index is 12.2. The van der Waals surface area contributed by atoms with Crippen LogP contribution in [0.15, 0.2) is 41.4 Å². The predicted molar refractivity (Wildman–Crippen MR) is 76.4 cm³/mol. The van der Waals surface area contributed by atoms with Crippen LogP contribution in [0.1, 0.15) is 19.4 Å². The molecule has 5 heteroatoms. The number of hydrogen-bond acceptors (Lipinski definition) is 5. The number of allylic oxidation sites excluding steroid dienone is 2. The van der Waals surface area contributed by atoms with Crippen LogP contribution in [0.25, 0.3) is 6.08 Å². The molecule has 0 saturated heterocycles. The molecule has 1 aliphatic heterocycles. The summed E-state index contributed by atoms with van der Waals surface area (Å²) in [5, 5.41) is 0. The summed E-state index contributed by atoms with van der Waals surface area (Å²) in [6.07, 6.45) is 1.58. The summed E-state index contributed by atoms with van der Waals surface area (Å²) < 4.78 is 15.3. The van der Waals surface area contributed by atoms with Crippen molar-refractivity contribution in [3.63, 3.8) is 0 Å². The Balaban J connectivity index is 2.22. The molecule has 0 radical (unpaired) electrons. The largest absolute Gasteiger partial charge is 0.497 e. The molecule has 1 aromatic rings. The summed E-state index contributed by atoms with van der Waals surface area (Å²) in [5.41, 5.74) is 0.730. The molecule has 0 N–H and O–H groups in total.